The molecule has 0 saturated carbocycles. The van der Waals surface area contributed by atoms with E-state index in [0.717, 1.165) is 11.0 Å². The first kappa shape index (κ1) is 22.3. The fraction of sp³-hybridized carbons (Fsp3) is 0. The van der Waals surface area contributed by atoms with E-state index >= 15 is 0 Å². The maximum atomic E-state index is 11.9. The summed E-state index contributed by atoms with van der Waals surface area (Å²) in [6.07, 6.45) is 0. The molecule has 0 aromatic heterocycles. The number of hydrogen-bond donors (Lipinski definition) is 3. The second-order valence-electron chi connectivity index (χ2n) is 4.54. The molecule has 0 fully saturated rings. The molecule has 2 aromatic rings. The van der Waals surface area contributed by atoms with Gasteiger partial charge >= 0.3 is 35.6 Å². The Morgan fingerprint density at radius 1 is 1.08 bits per heavy atom. The van der Waals surface area contributed by atoms with Crippen LogP contribution >= 0.6 is 34.8 Å². The molecule has 0 radical (unpaired) electrons. The first-order chi connectivity index (χ1) is 11.1. The number of nitrogens with two attached hydrogens (primary N) is 2. The van der Waals surface area contributed by atoms with Crippen LogP contribution in [0.1, 0.15) is 1.43 Å². The normalized spacial score (nSPS) is 10.9. The molecule has 0 heterocycles. The van der Waals surface area contributed by atoms with Crippen LogP contribution in [0.2, 0.25) is 15.1 Å². The molecule has 0 bridgehead atoms. The van der Waals surface area contributed by atoms with Crippen molar-refractivity contribution >= 4 is 62.2 Å². The van der Waals surface area contributed by atoms with Gasteiger partial charge in [-0.05, 0) is 24.3 Å². The summed E-state index contributed by atoms with van der Waals surface area (Å²) in [7, 11) is -4.37. The Labute approximate surface area is 182 Å². The van der Waals surface area contributed by atoms with Crippen molar-refractivity contribution in [2.24, 2.45) is 10.9 Å². The zero-order chi connectivity index (χ0) is 18.2. The van der Waals surface area contributed by atoms with E-state index < -0.39 is 26.7 Å². The molecular weight excluding hydrogens is 424 g/mol. The van der Waals surface area contributed by atoms with Gasteiger partial charge in [0.25, 0.3) is 0 Å². The zero-order valence-corrected chi connectivity index (χ0v) is 17.8. The Bertz CT molecular complexity index is 946. The van der Waals surface area contributed by atoms with Gasteiger partial charge in [-0.15, -0.1) is 0 Å². The van der Waals surface area contributed by atoms with Gasteiger partial charge in [-0.25, -0.2) is 18.4 Å². The molecular formula is C13H11Cl3N3NaO4S. The van der Waals surface area contributed by atoms with Crippen molar-refractivity contribution in [2.45, 2.75) is 4.90 Å². The van der Waals surface area contributed by atoms with Gasteiger partial charge < -0.3 is 12.3 Å². The SMILES string of the molecule is NC(=O)N(c1ccc(Cl)c(S(N)(=O)=O)c1O)c1cccc(Cl)c1Cl.[H-].[Na+]. The predicted molar refractivity (Wildman–Crippen MR) is 93.8 cm³/mol. The molecule has 2 rings (SSSR count). The van der Waals surface area contributed by atoms with E-state index in [0.29, 0.717) is 0 Å². The molecule has 2 amide bonds. The van der Waals surface area contributed by atoms with Crippen molar-refractivity contribution in [1.82, 2.24) is 0 Å². The van der Waals surface area contributed by atoms with Gasteiger partial charge in [0.2, 0.25) is 10.0 Å². The van der Waals surface area contributed by atoms with Gasteiger partial charge in [-0.3, -0.25) is 4.90 Å². The average molecular weight is 435 g/mol. The summed E-state index contributed by atoms with van der Waals surface area (Å²) >= 11 is 17.7. The van der Waals surface area contributed by atoms with Crippen molar-refractivity contribution in [2.75, 3.05) is 4.90 Å². The number of hydrogen-bond acceptors (Lipinski definition) is 4. The van der Waals surface area contributed by atoms with Crippen LogP contribution in [0, 0.1) is 0 Å². The van der Waals surface area contributed by atoms with Crippen molar-refractivity contribution in [3.05, 3.63) is 45.4 Å². The number of carbonyl (C=O) groups is 1. The van der Waals surface area contributed by atoms with Crippen LogP contribution in [0.3, 0.4) is 0 Å². The van der Waals surface area contributed by atoms with E-state index in [1.54, 1.807) is 0 Å². The first-order valence-corrected chi connectivity index (χ1v) is 8.81. The predicted octanol–water partition coefficient (Wildman–Crippen LogP) is 0.333. The largest absolute Gasteiger partial charge is 1.00 e. The molecule has 5 N–H and O–H groups in total. The zero-order valence-electron chi connectivity index (χ0n) is 13.7. The molecule has 2 aromatic carbocycles. The van der Waals surface area contributed by atoms with E-state index in [4.69, 9.17) is 45.7 Å². The van der Waals surface area contributed by atoms with E-state index in [2.05, 4.69) is 0 Å². The Hall–Kier alpha value is -0.710. The third-order valence-corrected chi connectivity index (χ3v) is 5.20. The Morgan fingerprint density at radius 2 is 1.68 bits per heavy atom. The number of primary amides is 1. The summed E-state index contributed by atoms with van der Waals surface area (Å²) in [6, 6.07) is 5.66. The van der Waals surface area contributed by atoms with Crippen LogP contribution in [-0.2, 0) is 10.0 Å². The number of urea groups is 1. The standard InChI is InChI=1S/C13H10Cl3N3O4S.Na.H/c14-6-2-1-3-8(10(6)16)19(13(17)21)9-5-4-7(15)12(11(9)20)24(18,22)23;;/h1-5,20H,(H2,17,21)(H2,18,22,23);;/q;+1;-1. The van der Waals surface area contributed by atoms with Gasteiger partial charge in [0, 0.05) is 0 Å². The maximum Gasteiger partial charge on any atom is 1.00 e. The minimum atomic E-state index is -4.37. The van der Waals surface area contributed by atoms with E-state index in [-0.39, 0.29) is 57.4 Å². The van der Waals surface area contributed by atoms with Crippen LogP contribution in [-0.4, -0.2) is 19.6 Å². The molecule has 0 unspecified atom stereocenters. The second-order valence-corrected chi connectivity index (χ2v) is 7.23. The molecule has 12 heteroatoms. The van der Waals surface area contributed by atoms with Gasteiger partial charge in [-0.1, -0.05) is 40.9 Å². The van der Waals surface area contributed by atoms with Gasteiger partial charge in [0.05, 0.1) is 26.4 Å². The summed E-state index contributed by atoms with van der Waals surface area (Å²) in [5.74, 6) is -0.847. The molecule has 0 spiro atoms. The molecule has 7 nitrogen and oxygen atoms in total. The minimum Gasteiger partial charge on any atom is -1.00 e. The molecule has 0 aliphatic carbocycles. The van der Waals surface area contributed by atoms with Gasteiger partial charge in [0.15, 0.2) is 5.75 Å². The van der Waals surface area contributed by atoms with Crippen LogP contribution in [0.4, 0.5) is 16.2 Å². The fourth-order valence-electron chi connectivity index (χ4n) is 2.02. The summed E-state index contributed by atoms with van der Waals surface area (Å²) < 4.78 is 23.3. The number of phenols is 1. The number of aromatic hydroxyl groups is 1. The van der Waals surface area contributed by atoms with Crippen LogP contribution < -0.4 is 45.3 Å². The molecule has 0 saturated heterocycles. The van der Waals surface area contributed by atoms with Gasteiger partial charge in [-0.2, -0.15) is 0 Å². The number of benzene rings is 2. The third-order valence-electron chi connectivity index (χ3n) is 2.98. The van der Waals surface area contributed by atoms with Crippen molar-refractivity contribution in [3.63, 3.8) is 0 Å². The number of amides is 2. The topological polar surface area (TPSA) is 127 Å². The fourth-order valence-corrected chi connectivity index (χ4v) is 3.59. The number of nitrogens with zero attached hydrogens (tertiary/aromatic N) is 1. The van der Waals surface area contributed by atoms with E-state index in [1.165, 1.54) is 24.3 Å². The third kappa shape index (κ3) is 4.53. The summed E-state index contributed by atoms with van der Waals surface area (Å²) in [5.41, 5.74) is 5.11. The number of halogens is 3. The number of carbonyl (C=O) groups excluding carboxylic acids is 1. The van der Waals surface area contributed by atoms with Crippen molar-refractivity contribution in [1.29, 1.82) is 0 Å². The summed E-state index contributed by atoms with van der Waals surface area (Å²) in [6.45, 7) is 0. The van der Waals surface area contributed by atoms with E-state index in [9.17, 15) is 18.3 Å². The second kappa shape index (κ2) is 8.32. The van der Waals surface area contributed by atoms with Crippen molar-refractivity contribution in [3.8, 4) is 5.75 Å². The number of sulfonamides is 1. The first-order valence-electron chi connectivity index (χ1n) is 6.13. The number of rotatable bonds is 3. The summed E-state index contributed by atoms with van der Waals surface area (Å²) in [5, 5.41) is 15.1. The Balaban J connectivity index is 0.00000312. The number of phenolic OH excluding ortho intramolecular Hbond substituents is 1. The Kier molecular flexibility index (Phi) is 7.43. The van der Waals surface area contributed by atoms with E-state index in [1.807, 2.05) is 0 Å². The summed E-state index contributed by atoms with van der Waals surface area (Å²) in [4.78, 5) is 11.9. The average Bonchev–Trinajstić information content (AvgIpc) is 2.44. The number of primary sulfonamides is 1. The van der Waals surface area contributed by atoms with Crippen LogP contribution in [0.25, 0.3) is 0 Å². The monoisotopic (exact) mass is 433 g/mol. The molecule has 0 aliphatic heterocycles. The molecule has 0 aliphatic rings. The smallest absolute Gasteiger partial charge is 1.00 e. The number of anilines is 2. The quantitative estimate of drug-likeness (QED) is 0.602. The van der Waals surface area contributed by atoms with Crippen LogP contribution in [0.5, 0.6) is 5.75 Å². The molecule has 25 heavy (non-hydrogen) atoms. The Morgan fingerprint density at radius 3 is 2.20 bits per heavy atom. The van der Waals surface area contributed by atoms with Crippen LogP contribution in [0.15, 0.2) is 35.2 Å². The van der Waals surface area contributed by atoms with Crippen molar-refractivity contribution < 1.29 is 49.3 Å². The minimum absolute atomic E-state index is 0. The maximum absolute atomic E-state index is 11.9. The molecule has 130 valence electrons. The molecule has 0 atom stereocenters. The van der Waals surface area contributed by atoms with Gasteiger partial charge in [0.1, 0.15) is 4.90 Å².